The lowest BCUT2D eigenvalue weighted by molar-refractivity contribution is 0.0349. The van der Waals surface area contributed by atoms with Gasteiger partial charge in [-0.15, -0.1) is 11.3 Å². The molecule has 0 radical (unpaired) electrons. The molecule has 1 N–H and O–H groups in total. The average molecular weight is 522 g/mol. The Kier molecular flexibility index (Phi) is 10.0. The predicted molar refractivity (Wildman–Crippen MR) is 151 cm³/mol. The summed E-state index contributed by atoms with van der Waals surface area (Å²) < 4.78 is 5.49. The number of ether oxygens (including phenoxy) is 1. The van der Waals surface area contributed by atoms with E-state index in [1.165, 1.54) is 27.8 Å². The average Bonchev–Trinajstić information content (AvgIpc) is 3.43. The van der Waals surface area contributed by atoms with E-state index in [4.69, 9.17) is 4.74 Å². The van der Waals surface area contributed by atoms with Crippen molar-refractivity contribution in [3.05, 3.63) is 99.7 Å². The summed E-state index contributed by atoms with van der Waals surface area (Å²) in [5.74, 6) is 0.259. The van der Waals surface area contributed by atoms with Gasteiger partial charge in [-0.25, -0.2) is 4.79 Å². The zero-order valence-electron chi connectivity index (χ0n) is 20.9. The van der Waals surface area contributed by atoms with Crippen LogP contribution in [0.15, 0.2) is 88.6 Å². The smallest absolute Gasteiger partial charge is 0.322 e. The molecular weight excluding hydrogens is 486 g/mol. The van der Waals surface area contributed by atoms with Crippen LogP contribution in [0.1, 0.15) is 28.3 Å². The number of hydrogen-bond acceptors (Lipinski definition) is 5. The number of thiophene rings is 1. The standard InChI is InChI=1S/C29H35N3O2S2/c1-23-9-6-7-12-27(23)36-24(2)30-29(33)32(17-16-31-18-20-34-21-19-31)15-14-26(28-13-8-22-35-28)25-10-4-3-5-11-25/h3-13,22,26H,2,14-21H2,1H3,(H,30,33). The second-order valence-electron chi connectivity index (χ2n) is 8.93. The molecule has 1 aliphatic heterocycles. The van der Waals surface area contributed by atoms with Crippen LogP contribution in [0.4, 0.5) is 4.79 Å². The monoisotopic (exact) mass is 521 g/mol. The van der Waals surface area contributed by atoms with Gasteiger partial charge in [-0.05, 0) is 42.0 Å². The fourth-order valence-corrected chi connectivity index (χ4v) is 6.03. The molecule has 5 nitrogen and oxygen atoms in total. The van der Waals surface area contributed by atoms with Crippen LogP contribution in [0.2, 0.25) is 0 Å². The second-order valence-corrected chi connectivity index (χ2v) is 11.0. The van der Waals surface area contributed by atoms with E-state index in [9.17, 15) is 4.79 Å². The summed E-state index contributed by atoms with van der Waals surface area (Å²) in [5, 5.41) is 5.82. The Hall–Kier alpha value is -2.58. The summed E-state index contributed by atoms with van der Waals surface area (Å²) in [6.45, 7) is 11.7. The number of hydrogen-bond donors (Lipinski definition) is 1. The number of nitrogens with zero attached hydrogens (tertiary/aromatic N) is 2. The number of rotatable bonds is 11. The molecule has 1 unspecified atom stereocenters. The number of aryl methyl sites for hydroxylation is 1. The number of carbonyl (C=O) groups is 1. The molecule has 1 fully saturated rings. The van der Waals surface area contributed by atoms with Gasteiger partial charge in [0.25, 0.3) is 0 Å². The molecule has 190 valence electrons. The first-order valence-electron chi connectivity index (χ1n) is 12.5. The maximum absolute atomic E-state index is 13.4. The summed E-state index contributed by atoms with van der Waals surface area (Å²) in [6, 6.07) is 23.0. The number of carbonyl (C=O) groups excluding carboxylic acids is 1. The third-order valence-corrected chi connectivity index (χ3v) is 8.44. The molecule has 0 aliphatic carbocycles. The zero-order chi connectivity index (χ0) is 25.2. The van der Waals surface area contributed by atoms with Gasteiger partial charge in [-0.1, -0.05) is 72.9 Å². The summed E-state index contributed by atoms with van der Waals surface area (Å²) in [5.41, 5.74) is 2.46. The van der Waals surface area contributed by atoms with Crippen molar-refractivity contribution in [1.29, 1.82) is 0 Å². The van der Waals surface area contributed by atoms with Gasteiger partial charge < -0.3 is 15.0 Å². The molecule has 2 amide bonds. The van der Waals surface area contributed by atoms with Gasteiger partial charge in [0.15, 0.2) is 0 Å². The molecule has 0 bridgehead atoms. The summed E-state index contributed by atoms with van der Waals surface area (Å²) in [4.78, 5) is 20.2. The minimum absolute atomic E-state index is 0.0904. The quantitative estimate of drug-likeness (QED) is 0.306. The number of urea groups is 1. The molecule has 2 heterocycles. The van der Waals surface area contributed by atoms with Crippen molar-refractivity contribution in [2.24, 2.45) is 0 Å². The highest BCUT2D eigenvalue weighted by molar-refractivity contribution is 8.03. The number of benzene rings is 2. The van der Waals surface area contributed by atoms with Gasteiger partial charge in [0, 0.05) is 48.4 Å². The van der Waals surface area contributed by atoms with Crippen LogP contribution in [0, 0.1) is 6.92 Å². The second kappa shape index (κ2) is 13.7. The van der Waals surface area contributed by atoms with Crippen LogP contribution >= 0.6 is 23.1 Å². The van der Waals surface area contributed by atoms with Gasteiger partial charge in [0.05, 0.1) is 18.2 Å². The van der Waals surface area contributed by atoms with Crippen molar-refractivity contribution in [1.82, 2.24) is 15.1 Å². The molecule has 4 rings (SSSR count). The number of thioether (sulfide) groups is 1. The summed E-state index contributed by atoms with van der Waals surface area (Å²) in [7, 11) is 0. The van der Waals surface area contributed by atoms with Crippen molar-refractivity contribution < 1.29 is 9.53 Å². The first-order chi connectivity index (χ1) is 17.6. The molecule has 36 heavy (non-hydrogen) atoms. The Labute approximate surface area is 223 Å². The van der Waals surface area contributed by atoms with Crippen molar-refractivity contribution in [2.45, 2.75) is 24.2 Å². The number of morpholine rings is 1. The molecule has 1 atom stereocenters. The van der Waals surface area contributed by atoms with Gasteiger partial charge in [0.2, 0.25) is 0 Å². The first-order valence-corrected chi connectivity index (χ1v) is 14.2. The third-order valence-electron chi connectivity index (χ3n) is 6.43. The molecule has 0 saturated carbocycles. The van der Waals surface area contributed by atoms with Gasteiger partial charge in [-0.3, -0.25) is 4.90 Å². The van der Waals surface area contributed by atoms with E-state index < -0.39 is 0 Å². The SMILES string of the molecule is C=C(NC(=O)N(CCC(c1ccccc1)c1cccs1)CCN1CCOCC1)Sc1ccccc1C. The van der Waals surface area contributed by atoms with Crippen molar-refractivity contribution in [2.75, 3.05) is 45.9 Å². The van der Waals surface area contributed by atoms with Gasteiger partial charge in [-0.2, -0.15) is 0 Å². The maximum atomic E-state index is 13.4. The summed E-state index contributed by atoms with van der Waals surface area (Å²) in [6.07, 6.45) is 0.860. The van der Waals surface area contributed by atoms with Gasteiger partial charge >= 0.3 is 6.03 Å². The van der Waals surface area contributed by atoms with Crippen molar-refractivity contribution in [3.63, 3.8) is 0 Å². The lowest BCUT2D eigenvalue weighted by Gasteiger charge is -2.31. The Morgan fingerprint density at radius 2 is 1.83 bits per heavy atom. The van der Waals surface area contributed by atoms with E-state index in [0.29, 0.717) is 18.1 Å². The highest BCUT2D eigenvalue weighted by Crippen LogP contribution is 2.32. The van der Waals surface area contributed by atoms with Crippen LogP contribution in [0.25, 0.3) is 0 Å². The number of amides is 2. The van der Waals surface area contributed by atoms with E-state index in [0.717, 1.165) is 44.2 Å². The highest BCUT2D eigenvalue weighted by Gasteiger charge is 2.21. The zero-order valence-corrected chi connectivity index (χ0v) is 22.5. The minimum Gasteiger partial charge on any atom is -0.379 e. The van der Waals surface area contributed by atoms with Crippen LogP contribution in [0.5, 0.6) is 0 Å². The van der Waals surface area contributed by atoms with E-state index in [-0.39, 0.29) is 11.9 Å². The molecular formula is C29H35N3O2S2. The molecule has 1 saturated heterocycles. The molecule has 2 aromatic carbocycles. The van der Waals surface area contributed by atoms with Crippen LogP contribution in [0.3, 0.4) is 0 Å². The number of nitrogens with one attached hydrogen (secondary N) is 1. The van der Waals surface area contributed by atoms with Crippen LogP contribution in [-0.4, -0.2) is 61.8 Å². The van der Waals surface area contributed by atoms with E-state index >= 15 is 0 Å². The fraction of sp³-hybridized carbons (Fsp3) is 0.345. The largest absolute Gasteiger partial charge is 0.379 e. The van der Waals surface area contributed by atoms with E-state index in [1.807, 2.05) is 17.0 Å². The molecule has 3 aromatic rings. The topological polar surface area (TPSA) is 44.8 Å². The van der Waals surface area contributed by atoms with Crippen molar-refractivity contribution >= 4 is 29.1 Å². The molecule has 1 aliphatic rings. The fourth-order valence-electron chi connectivity index (χ4n) is 4.36. The van der Waals surface area contributed by atoms with E-state index in [2.05, 4.69) is 83.7 Å². The predicted octanol–water partition coefficient (Wildman–Crippen LogP) is 6.19. The highest BCUT2D eigenvalue weighted by atomic mass is 32.2. The molecule has 7 heteroatoms. The van der Waals surface area contributed by atoms with Crippen molar-refractivity contribution in [3.8, 4) is 0 Å². The Morgan fingerprint density at radius 3 is 2.56 bits per heavy atom. The first kappa shape index (κ1) is 26.5. The third kappa shape index (κ3) is 7.71. The molecule has 0 spiro atoms. The van der Waals surface area contributed by atoms with Gasteiger partial charge in [0.1, 0.15) is 0 Å². The molecule has 1 aromatic heterocycles. The Bertz CT molecular complexity index is 1100. The Balaban J connectivity index is 1.43. The van der Waals surface area contributed by atoms with Crippen LogP contribution < -0.4 is 5.32 Å². The maximum Gasteiger partial charge on any atom is 0.322 e. The van der Waals surface area contributed by atoms with E-state index in [1.54, 1.807) is 11.3 Å². The summed E-state index contributed by atoms with van der Waals surface area (Å²) >= 11 is 3.28. The normalized spacial score (nSPS) is 14.8. The minimum atomic E-state index is -0.0904. The Morgan fingerprint density at radius 1 is 1.08 bits per heavy atom. The van der Waals surface area contributed by atoms with Crippen LogP contribution in [-0.2, 0) is 4.74 Å². The lowest BCUT2D eigenvalue weighted by atomic mass is 9.94. The lowest BCUT2D eigenvalue weighted by Crippen LogP contribution is -2.46.